The Labute approximate surface area is 128 Å². The fraction of sp³-hybridized carbons (Fsp3) is 0.500. The standard InChI is InChI=1S/C16H17ClN2O2/c1-16(20,9-2-3-9)13-8-19-15(21-10-4-5-10)12-7-18-14(17)6-11(12)13/h6-10,20H,2-5H2,1H3. The summed E-state index contributed by atoms with van der Waals surface area (Å²) in [7, 11) is 0. The first kappa shape index (κ1) is 13.3. The Hall–Kier alpha value is -1.39. The lowest BCUT2D eigenvalue weighted by Crippen LogP contribution is -2.24. The summed E-state index contributed by atoms with van der Waals surface area (Å²) in [4.78, 5) is 8.57. The molecular formula is C16H17ClN2O2. The van der Waals surface area contributed by atoms with Crippen molar-refractivity contribution >= 4 is 22.4 Å². The zero-order valence-electron chi connectivity index (χ0n) is 11.8. The van der Waals surface area contributed by atoms with Gasteiger partial charge >= 0.3 is 0 Å². The van der Waals surface area contributed by atoms with Crippen LogP contribution in [0.1, 0.15) is 38.2 Å². The summed E-state index contributed by atoms with van der Waals surface area (Å²) in [6, 6.07) is 1.80. The first-order valence-electron chi connectivity index (χ1n) is 7.39. The number of rotatable bonds is 4. The quantitative estimate of drug-likeness (QED) is 0.879. The predicted molar refractivity (Wildman–Crippen MR) is 80.5 cm³/mol. The van der Waals surface area contributed by atoms with Gasteiger partial charge in [0.2, 0.25) is 5.88 Å². The predicted octanol–water partition coefficient (Wildman–Crippen LogP) is 3.44. The van der Waals surface area contributed by atoms with Crippen LogP contribution in [0.15, 0.2) is 18.5 Å². The fourth-order valence-corrected chi connectivity index (χ4v) is 2.95. The van der Waals surface area contributed by atoms with E-state index >= 15 is 0 Å². The maximum Gasteiger partial charge on any atom is 0.223 e. The average molecular weight is 305 g/mol. The molecule has 0 spiro atoms. The van der Waals surface area contributed by atoms with E-state index in [9.17, 15) is 5.11 Å². The van der Waals surface area contributed by atoms with Gasteiger partial charge in [0.05, 0.1) is 11.0 Å². The van der Waals surface area contributed by atoms with Crippen molar-refractivity contribution in [1.82, 2.24) is 9.97 Å². The summed E-state index contributed by atoms with van der Waals surface area (Å²) in [5, 5.41) is 13.0. The van der Waals surface area contributed by atoms with Gasteiger partial charge in [-0.05, 0) is 50.0 Å². The van der Waals surface area contributed by atoms with Crippen molar-refractivity contribution in [3.8, 4) is 5.88 Å². The summed E-state index contributed by atoms with van der Waals surface area (Å²) >= 11 is 6.05. The smallest absolute Gasteiger partial charge is 0.223 e. The van der Waals surface area contributed by atoms with Gasteiger partial charge in [-0.25, -0.2) is 9.97 Å². The van der Waals surface area contributed by atoms with E-state index in [1.165, 1.54) is 0 Å². The van der Waals surface area contributed by atoms with Gasteiger partial charge in [-0.1, -0.05) is 11.6 Å². The molecule has 2 aromatic heterocycles. The number of pyridine rings is 2. The lowest BCUT2D eigenvalue weighted by Gasteiger charge is -2.25. The number of halogens is 1. The summed E-state index contributed by atoms with van der Waals surface area (Å²) in [5.41, 5.74) is -0.0685. The highest BCUT2D eigenvalue weighted by Crippen LogP contribution is 2.47. The van der Waals surface area contributed by atoms with Gasteiger partial charge in [-0.15, -0.1) is 0 Å². The Bertz CT molecular complexity index is 709. The molecule has 0 amide bonds. The molecule has 110 valence electrons. The third-order valence-electron chi connectivity index (χ3n) is 4.42. The minimum atomic E-state index is -0.881. The molecule has 5 heteroatoms. The maximum absolute atomic E-state index is 10.9. The highest BCUT2D eigenvalue weighted by molar-refractivity contribution is 6.30. The van der Waals surface area contributed by atoms with Crippen LogP contribution in [0.5, 0.6) is 5.88 Å². The molecule has 2 saturated carbocycles. The van der Waals surface area contributed by atoms with Crippen molar-refractivity contribution in [2.45, 2.75) is 44.3 Å². The molecule has 2 aliphatic rings. The lowest BCUT2D eigenvalue weighted by atomic mass is 9.89. The Morgan fingerprint density at radius 1 is 1.19 bits per heavy atom. The van der Waals surface area contributed by atoms with Crippen molar-refractivity contribution in [2.24, 2.45) is 5.92 Å². The Balaban J connectivity index is 1.88. The van der Waals surface area contributed by atoms with Crippen LogP contribution in [-0.4, -0.2) is 21.2 Å². The molecule has 21 heavy (non-hydrogen) atoms. The maximum atomic E-state index is 10.9. The number of nitrogens with zero attached hydrogens (tertiary/aromatic N) is 2. The van der Waals surface area contributed by atoms with Crippen LogP contribution in [0, 0.1) is 5.92 Å². The summed E-state index contributed by atoms with van der Waals surface area (Å²) in [6.07, 6.45) is 7.94. The molecule has 0 bridgehead atoms. The third-order valence-corrected chi connectivity index (χ3v) is 4.63. The van der Waals surface area contributed by atoms with E-state index in [0.717, 1.165) is 42.0 Å². The SMILES string of the molecule is CC(O)(c1cnc(OC2CC2)c2cnc(Cl)cc12)C1CC1. The van der Waals surface area contributed by atoms with Crippen LogP contribution < -0.4 is 4.74 Å². The molecule has 1 atom stereocenters. The van der Waals surface area contributed by atoms with Crippen LogP contribution in [0.3, 0.4) is 0 Å². The normalized spacial score (nSPS) is 21.3. The second kappa shape index (κ2) is 4.55. The van der Waals surface area contributed by atoms with Crippen LogP contribution in [-0.2, 0) is 5.60 Å². The van der Waals surface area contributed by atoms with Gasteiger partial charge in [-0.2, -0.15) is 0 Å². The zero-order valence-corrected chi connectivity index (χ0v) is 12.6. The van der Waals surface area contributed by atoms with E-state index in [1.54, 1.807) is 18.5 Å². The van der Waals surface area contributed by atoms with Crippen LogP contribution in [0.2, 0.25) is 5.15 Å². The van der Waals surface area contributed by atoms with E-state index in [4.69, 9.17) is 16.3 Å². The number of ether oxygens (including phenoxy) is 1. The van der Waals surface area contributed by atoms with Crippen molar-refractivity contribution in [3.63, 3.8) is 0 Å². The van der Waals surface area contributed by atoms with E-state index in [2.05, 4.69) is 9.97 Å². The van der Waals surface area contributed by atoms with Gasteiger partial charge in [-0.3, -0.25) is 0 Å². The molecule has 2 heterocycles. The minimum Gasteiger partial charge on any atom is -0.474 e. The van der Waals surface area contributed by atoms with Gasteiger partial charge in [0.25, 0.3) is 0 Å². The first-order valence-corrected chi connectivity index (χ1v) is 7.77. The molecule has 0 radical (unpaired) electrons. The number of fused-ring (bicyclic) bond motifs is 1. The molecule has 0 aliphatic heterocycles. The summed E-state index contributed by atoms with van der Waals surface area (Å²) in [5.74, 6) is 0.886. The summed E-state index contributed by atoms with van der Waals surface area (Å²) in [6.45, 7) is 1.86. The molecule has 1 unspecified atom stereocenters. The van der Waals surface area contributed by atoms with Gasteiger partial charge in [0, 0.05) is 18.0 Å². The van der Waals surface area contributed by atoms with E-state index in [1.807, 2.05) is 6.92 Å². The van der Waals surface area contributed by atoms with Crippen molar-refractivity contribution in [3.05, 3.63) is 29.2 Å². The molecule has 2 aliphatic carbocycles. The highest BCUT2D eigenvalue weighted by Gasteiger charge is 2.42. The molecule has 4 rings (SSSR count). The van der Waals surface area contributed by atoms with Gasteiger partial charge in [0.1, 0.15) is 11.3 Å². The van der Waals surface area contributed by atoms with Crippen molar-refractivity contribution < 1.29 is 9.84 Å². The van der Waals surface area contributed by atoms with Gasteiger partial charge < -0.3 is 9.84 Å². The Morgan fingerprint density at radius 2 is 1.95 bits per heavy atom. The minimum absolute atomic E-state index is 0.270. The lowest BCUT2D eigenvalue weighted by molar-refractivity contribution is 0.0342. The number of hydrogen-bond acceptors (Lipinski definition) is 4. The molecular weight excluding hydrogens is 288 g/mol. The second-order valence-corrected chi connectivity index (χ2v) is 6.66. The monoisotopic (exact) mass is 304 g/mol. The Morgan fingerprint density at radius 3 is 2.62 bits per heavy atom. The molecule has 0 aromatic carbocycles. The highest BCUT2D eigenvalue weighted by atomic mass is 35.5. The molecule has 1 N–H and O–H groups in total. The van der Waals surface area contributed by atoms with Crippen molar-refractivity contribution in [2.75, 3.05) is 0 Å². The average Bonchev–Trinajstić information content (AvgIpc) is 3.31. The molecule has 0 saturated heterocycles. The van der Waals surface area contributed by atoms with E-state index < -0.39 is 5.60 Å². The molecule has 4 nitrogen and oxygen atoms in total. The molecule has 2 aromatic rings. The fourth-order valence-electron chi connectivity index (χ4n) is 2.79. The van der Waals surface area contributed by atoms with E-state index in [-0.39, 0.29) is 6.10 Å². The summed E-state index contributed by atoms with van der Waals surface area (Å²) < 4.78 is 5.85. The third kappa shape index (κ3) is 2.36. The van der Waals surface area contributed by atoms with Crippen LogP contribution in [0.25, 0.3) is 10.8 Å². The molecule has 2 fully saturated rings. The van der Waals surface area contributed by atoms with E-state index in [0.29, 0.717) is 17.0 Å². The number of aromatic nitrogens is 2. The Kier molecular flexibility index (Phi) is 2.88. The number of hydrogen-bond donors (Lipinski definition) is 1. The van der Waals surface area contributed by atoms with Crippen molar-refractivity contribution in [1.29, 1.82) is 0 Å². The topological polar surface area (TPSA) is 55.2 Å². The second-order valence-electron chi connectivity index (χ2n) is 6.27. The van der Waals surface area contributed by atoms with Crippen LogP contribution >= 0.6 is 11.6 Å². The number of aliphatic hydroxyl groups is 1. The zero-order chi connectivity index (χ0) is 14.6. The van der Waals surface area contributed by atoms with Crippen LogP contribution in [0.4, 0.5) is 0 Å². The van der Waals surface area contributed by atoms with Gasteiger partial charge in [0.15, 0.2) is 0 Å². The first-order chi connectivity index (χ1) is 10.1. The largest absolute Gasteiger partial charge is 0.474 e.